The maximum Gasteiger partial charge on any atom is 0.0934 e. The van der Waals surface area contributed by atoms with Crippen molar-refractivity contribution < 1.29 is 4.74 Å². The van der Waals surface area contributed by atoms with Crippen LogP contribution >= 0.6 is 11.6 Å². The van der Waals surface area contributed by atoms with Crippen molar-refractivity contribution in [3.8, 4) is 0 Å². The van der Waals surface area contributed by atoms with Crippen molar-refractivity contribution in [3.63, 3.8) is 0 Å². The van der Waals surface area contributed by atoms with E-state index < -0.39 is 0 Å². The van der Waals surface area contributed by atoms with Gasteiger partial charge in [0.1, 0.15) is 0 Å². The number of nitrogens with one attached hydrogen (secondary N) is 1. The zero-order chi connectivity index (χ0) is 13.2. The predicted molar refractivity (Wildman–Crippen MR) is 78.8 cm³/mol. The summed E-state index contributed by atoms with van der Waals surface area (Å²) in [6.07, 6.45) is 4.71. The number of fused-ring (bicyclic) bond motifs is 1. The summed E-state index contributed by atoms with van der Waals surface area (Å²) in [5.74, 6) is 0. The number of ether oxygens (including phenoxy) is 1. The Balaban J connectivity index is 1.80. The Labute approximate surface area is 117 Å². The molecule has 1 aromatic carbocycles. The molecule has 4 heteroatoms. The van der Waals surface area contributed by atoms with Crippen LogP contribution in [0.5, 0.6) is 0 Å². The number of anilines is 1. The standard InChI is InChI=1S/C15H17ClN2O/c1-10-4-5-13(19-10)9-18-14-8-12(16)7-11-3-2-6-17-15(11)14/h2-3,6-8,10,13,18H,4-5,9H2,1H3. The zero-order valence-corrected chi connectivity index (χ0v) is 11.7. The third-order valence-electron chi connectivity index (χ3n) is 3.51. The Morgan fingerprint density at radius 2 is 2.32 bits per heavy atom. The molecule has 1 saturated heterocycles. The van der Waals surface area contributed by atoms with Gasteiger partial charge >= 0.3 is 0 Å². The fourth-order valence-corrected chi connectivity index (χ4v) is 2.78. The summed E-state index contributed by atoms with van der Waals surface area (Å²) in [4.78, 5) is 4.42. The van der Waals surface area contributed by atoms with Crippen LogP contribution in [0.3, 0.4) is 0 Å². The molecule has 100 valence electrons. The summed E-state index contributed by atoms with van der Waals surface area (Å²) in [6, 6.07) is 7.80. The number of aromatic nitrogens is 1. The zero-order valence-electron chi connectivity index (χ0n) is 10.9. The van der Waals surface area contributed by atoms with Crippen molar-refractivity contribution in [1.82, 2.24) is 4.98 Å². The van der Waals surface area contributed by atoms with Gasteiger partial charge in [-0.15, -0.1) is 0 Å². The van der Waals surface area contributed by atoms with E-state index in [1.54, 1.807) is 6.20 Å². The third kappa shape index (κ3) is 2.82. The van der Waals surface area contributed by atoms with Crippen LogP contribution in [0.15, 0.2) is 30.5 Å². The van der Waals surface area contributed by atoms with Crippen LogP contribution < -0.4 is 5.32 Å². The Bertz CT molecular complexity index is 587. The van der Waals surface area contributed by atoms with E-state index in [0.717, 1.165) is 41.0 Å². The molecule has 2 unspecified atom stereocenters. The molecule has 0 spiro atoms. The van der Waals surface area contributed by atoms with Crippen LogP contribution in [-0.2, 0) is 4.74 Å². The normalized spacial score (nSPS) is 22.8. The van der Waals surface area contributed by atoms with E-state index in [0.29, 0.717) is 6.10 Å². The van der Waals surface area contributed by atoms with Gasteiger partial charge < -0.3 is 10.1 Å². The number of benzene rings is 1. The van der Waals surface area contributed by atoms with Crippen LogP contribution in [0.1, 0.15) is 19.8 Å². The number of hydrogen-bond acceptors (Lipinski definition) is 3. The van der Waals surface area contributed by atoms with Crippen molar-refractivity contribution in [2.24, 2.45) is 0 Å². The van der Waals surface area contributed by atoms with Gasteiger partial charge in [-0.05, 0) is 38.0 Å². The van der Waals surface area contributed by atoms with Crippen molar-refractivity contribution in [3.05, 3.63) is 35.5 Å². The molecule has 3 nitrogen and oxygen atoms in total. The minimum absolute atomic E-state index is 0.285. The van der Waals surface area contributed by atoms with E-state index in [1.807, 2.05) is 24.3 Å². The highest BCUT2D eigenvalue weighted by Gasteiger charge is 2.21. The van der Waals surface area contributed by atoms with Crippen LogP contribution in [0.2, 0.25) is 5.02 Å². The molecule has 1 aliphatic rings. The second kappa shape index (κ2) is 5.35. The van der Waals surface area contributed by atoms with Gasteiger partial charge in [0.15, 0.2) is 0 Å². The maximum atomic E-state index is 6.14. The number of nitrogens with zero attached hydrogens (tertiary/aromatic N) is 1. The second-order valence-corrected chi connectivity index (χ2v) is 5.49. The molecule has 0 amide bonds. The summed E-state index contributed by atoms with van der Waals surface area (Å²) >= 11 is 6.14. The van der Waals surface area contributed by atoms with Gasteiger partial charge in [0.25, 0.3) is 0 Å². The predicted octanol–water partition coefficient (Wildman–Crippen LogP) is 3.87. The van der Waals surface area contributed by atoms with E-state index in [9.17, 15) is 0 Å². The largest absolute Gasteiger partial charge is 0.381 e. The lowest BCUT2D eigenvalue weighted by Gasteiger charge is -2.14. The molecular formula is C15H17ClN2O. The molecule has 0 saturated carbocycles. The molecule has 3 rings (SSSR count). The molecule has 0 radical (unpaired) electrons. The number of halogens is 1. The SMILES string of the molecule is CC1CCC(CNc2cc(Cl)cc3cccnc23)O1. The van der Waals surface area contributed by atoms with Crippen LogP contribution in [0.25, 0.3) is 10.9 Å². The Hall–Kier alpha value is -1.32. The van der Waals surface area contributed by atoms with E-state index in [1.165, 1.54) is 0 Å². The molecule has 1 N–H and O–H groups in total. The van der Waals surface area contributed by atoms with Crippen molar-refractivity contribution in [2.45, 2.75) is 32.0 Å². The van der Waals surface area contributed by atoms with Gasteiger partial charge in [-0.1, -0.05) is 17.7 Å². The summed E-state index contributed by atoms with van der Waals surface area (Å²) in [5, 5.41) is 5.20. The van der Waals surface area contributed by atoms with E-state index in [-0.39, 0.29) is 6.10 Å². The third-order valence-corrected chi connectivity index (χ3v) is 3.73. The van der Waals surface area contributed by atoms with Crippen LogP contribution in [0, 0.1) is 0 Å². The molecular weight excluding hydrogens is 260 g/mol. The molecule has 19 heavy (non-hydrogen) atoms. The molecule has 2 atom stereocenters. The summed E-state index contributed by atoms with van der Waals surface area (Å²) in [7, 11) is 0. The van der Waals surface area contributed by atoms with Crippen LogP contribution in [-0.4, -0.2) is 23.7 Å². The molecule has 2 heterocycles. The topological polar surface area (TPSA) is 34.2 Å². The van der Waals surface area contributed by atoms with E-state index >= 15 is 0 Å². The highest BCUT2D eigenvalue weighted by atomic mass is 35.5. The maximum absolute atomic E-state index is 6.14. The molecule has 2 aromatic rings. The molecule has 0 aliphatic carbocycles. The van der Waals surface area contributed by atoms with Crippen LogP contribution in [0.4, 0.5) is 5.69 Å². The first-order valence-electron chi connectivity index (χ1n) is 6.66. The average molecular weight is 277 g/mol. The summed E-state index contributed by atoms with van der Waals surface area (Å²) in [5.41, 5.74) is 1.93. The lowest BCUT2D eigenvalue weighted by Crippen LogP contribution is -2.19. The quantitative estimate of drug-likeness (QED) is 0.924. The Morgan fingerprint density at radius 1 is 1.42 bits per heavy atom. The molecule has 0 bridgehead atoms. The minimum atomic E-state index is 0.285. The number of rotatable bonds is 3. The van der Waals surface area contributed by atoms with E-state index in [4.69, 9.17) is 16.3 Å². The monoisotopic (exact) mass is 276 g/mol. The first kappa shape index (κ1) is 12.7. The Morgan fingerprint density at radius 3 is 3.11 bits per heavy atom. The molecule has 1 fully saturated rings. The van der Waals surface area contributed by atoms with Gasteiger partial charge in [-0.25, -0.2) is 0 Å². The van der Waals surface area contributed by atoms with Crippen molar-refractivity contribution in [2.75, 3.05) is 11.9 Å². The first-order chi connectivity index (χ1) is 9.22. The second-order valence-electron chi connectivity index (χ2n) is 5.06. The summed E-state index contributed by atoms with van der Waals surface area (Å²) in [6.45, 7) is 2.92. The lowest BCUT2D eigenvalue weighted by molar-refractivity contribution is 0.0637. The summed E-state index contributed by atoms with van der Waals surface area (Å²) < 4.78 is 5.81. The van der Waals surface area contributed by atoms with E-state index in [2.05, 4.69) is 17.2 Å². The fraction of sp³-hybridized carbons (Fsp3) is 0.400. The van der Waals surface area contributed by atoms with Gasteiger partial charge in [-0.2, -0.15) is 0 Å². The van der Waals surface area contributed by atoms with Crippen molar-refractivity contribution >= 4 is 28.2 Å². The lowest BCUT2D eigenvalue weighted by atomic mass is 10.1. The fourth-order valence-electron chi connectivity index (χ4n) is 2.55. The van der Waals surface area contributed by atoms with Crippen molar-refractivity contribution in [1.29, 1.82) is 0 Å². The van der Waals surface area contributed by atoms with Gasteiger partial charge in [-0.3, -0.25) is 4.98 Å². The number of hydrogen-bond donors (Lipinski definition) is 1. The number of pyridine rings is 1. The minimum Gasteiger partial charge on any atom is -0.381 e. The van der Waals surface area contributed by atoms with Gasteiger partial charge in [0.05, 0.1) is 23.4 Å². The average Bonchev–Trinajstić information content (AvgIpc) is 2.81. The Kier molecular flexibility index (Phi) is 3.58. The highest BCUT2D eigenvalue weighted by Crippen LogP contribution is 2.27. The smallest absolute Gasteiger partial charge is 0.0934 e. The molecule has 1 aromatic heterocycles. The van der Waals surface area contributed by atoms with Gasteiger partial charge in [0, 0.05) is 23.2 Å². The first-order valence-corrected chi connectivity index (χ1v) is 7.04. The van der Waals surface area contributed by atoms with Gasteiger partial charge in [0.2, 0.25) is 0 Å². The molecule has 1 aliphatic heterocycles. The highest BCUT2D eigenvalue weighted by molar-refractivity contribution is 6.31.